The lowest BCUT2D eigenvalue weighted by Crippen LogP contribution is -2.03. The summed E-state index contributed by atoms with van der Waals surface area (Å²) in [7, 11) is 0. The summed E-state index contributed by atoms with van der Waals surface area (Å²) in [6, 6.07) is 1.48. The molecule has 2 nitrogen and oxygen atoms in total. The zero-order valence-electron chi connectivity index (χ0n) is 6.77. The molecule has 1 aromatic rings. The summed E-state index contributed by atoms with van der Waals surface area (Å²) in [6.45, 7) is 0. The van der Waals surface area contributed by atoms with E-state index in [1.807, 2.05) is 0 Å². The number of halogens is 4. The molecule has 0 fully saturated rings. The number of pyridine rings is 1. The first-order valence-corrected chi connectivity index (χ1v) is 3.55. The van der Waals surface area contributed by atoms with Gasteiger partial charge in [-0.2, -0.15) is 5.26 Å². The van der Waals surface area contributed by atoms with Crippen molar-refractivity contribution in [3.05, 3.63) is 29.1 Å². The zero-order chi connectivity index (χ0) is 10.7. The third-order valence-corrected chi connectivity index (χ3v) is 1.56. The molecule has 0 bridgehead atoms. The molecule has 0 atom stereocenters. The van der Waals surface area contributed by atoms with Crippen molar-refractivity contribution in [2.24, 2.45) is 0 Å². The van der Waals surface area contributed by atoms with Crippen LogP contribution >= 0.6 is 0 Å². The lowest BCUT2D eigenvalue weighted by Gasteiger charge is -2.04. The second-order valence-corrected chi connectivity index (χ2v) is 2.42. The minimum absolute atomic E-state index is 0.483. The quantitative estimate of drug-likeness (QED) is 0.693. The molecule has 0 radical (unpaired) electrons. The number of aromatic nitrogens is 1. The summed E-state index contributed by atoms with van der Waals surface area (Å²) in [5, 5.41) is 8.21. The molecule has 0 amide bonds. The number of nitriles is 1. The van der Waals surface area contributed by atoms with Gasteiger partial charge in [-0.1, -0.05) is 0 Å². The van der Waals surface area contributed by atoms with Crippen molar-refractivity contribution in [2.45, 2.75) is 12.8 Å². The third-order valence-electron chi connectivity index (χ3n) is 1.56. The third kappa shape index (κ3) is 1.82. The van der Waals surface area contributed by atoms with Crippen LogP contribution in [0.1, 0.15) is 17.7 Å². The topological polar surface area (TPSA) is 36.7 Å². The lowest BCUT2D eigenvalue weighted by atomic mass is 10.1. The molecule has 1 heterocycles. The van der Waals surface area contributed by atoms with Crippen LogP contribution in [0.5, 0.6) is 0 Å². The summed E-state index contributed by atoms with van der Waals surface area (Å²) < 4.78 is 50.0. The molecular weight excluding hydrogens is 200 g/mol. The molecule has 14 heavy (non-hydrogen) atoms. The van der Waals surface area contributed by atoms with Crippen LogP contribution in [0.15, 0.2) is 6.20 Å². The van der Waals surface area contributed by atoms with E-state index in [0.717, 1.165) is 0 Å². The summed E-state index contributed by atoms with van der Waals surface area (Å²) in [5.74, 6) is -2.53. The van der Waals surface area contributed by atoms with Gasteiger partial charge in [0.2, 0.25) is 0 Å². The number of hydrogen-bond donors (Lipinski definition) is 0. The lowest BCUT2D eigenvalue weighted by molar-refractivity contribution is 0.140. The van der Waals surface area contributed by atoms with E-state index in [2.05, 4.69) is 4.98 Å². The average Bonchev–Trinajstić information content (AvgIpc) is 2.11. The molecule has 0 aliphatic heterocycles. The fourth-order valence-electron chi connectivity index (χ4n) is 0.913. The predicted octanol–water partition coefficient (Wildman–Crippen LogP) is 2.36. The molecule has 1 rings (SSSR count). The van der Waals surface area contributed by atoms with Crippen molar-refractivity contribution in [2.75, 3.05) is 0 Å². The summed E-state index contributed by atoms with van der Waals surface area (Å²) in [5.41, 5.74) is -1.80. The largest absolute Gasteiger partial charge is 0.283 e. The minimum Gasteiger partial charge on any atom is -0.249 e. The highest BCUT2D eigenvalue weighted by atomic mass is 19.3. The molecule has 0 aliphatic carbocycles. The van der Waals surface area contributed by atoms with E-state index in [1.165, 1.54) is 6.07 Å². The van der Waals surface area contributed by atoms with E-state index in [1.54, 1.807) is 0 Å². The fourth-order valence-corrected chi connectivity index (χ4v) is 0.913. The Morgan fingerprint density at radius 3 is 2.57 bits per heavy atom. The van der Waals surface area contributed by atoms with Gasteiger partial charge in [0.15, 0.2) is 5.82 Å². The maximum atomic E-state index is 13.0. The average molecular weight is 204 g/mol. The molecule has 0 aliphatic rings. The van der Waals surface area contributed by atoms with Gasteiger partial charge in [0, 0.05) is 5.56 Å². The zero-order valence-corrected chi connectivity index (χ0v) is 6.77. The maximum absolute atomic E-state index is 13.0. The Balaban J connectivity index is 3.27. The first kappa shape index (κ1) is 10.4. The molecule has 0 saturated carbocycles. The second kappa shape index (κ2) is 4.05. The monoisotopic (exact) mass is 204 g/mol. The van der Waals surface area contributed by atoms with E-state index in [-0.39, 0.29) is 0 Å². The van der Waals surface area contributed by atoms with Crippen molar-refractivity contribution in [1.82, 2.24) is 4.98 Å². The minimum atomic E-state index is -3.12. The highest BCUT2D eigenvalue weighted by Crippen LogP contribution is 2.23. The number of hydrogen-bond acceptors (Lipinski definition) is 2. The van der Waals surface area contributed by atoms with Crippen molar-refractivity contribution < 1.29 is 17.6 Å². The molecule has 6 heteroatoms. The Morgan fingerprint density at radius 1 is 1.43 bits per heavy atom. The number of nitrogens with zero attached hydrogens (tertiary/aromatic N) is 2. The molecule has 0 spiro atoms. The smallest absolute Gasteiger partial charge is 0.249 e. The molecule has 0 saturated heterocycles. The number of alkyl halides is 2. The Hall–Kier alpha value is -1.64. The second-order valence-electron chi connectivity index (χ2n) is 2.42. The van der Waals surface area contributed by atoms with Crippen molar-refractivity contribution in [3.8, 4) is 6.07 Å². The van der Waals surface area contributed by atoms with Gasteiger partial charge in [-0.15, -0.1) is 0 Å². The normalized spacial score (nSPS) is 10.3. The van der Waals surface area contributed by atoms with Crippen LogP contribution in [0.4, 0.5) is 17.6 Å². The highest BCUT2D eigenvalue weighted by Gasteiger charge is 2.20. The first-order chi connectivity index (χ1) is 6.57. The Bertz CT molecular complexity index is 384. The molecule has 74 valence electrons. The van der Waals surface area contributed by atoms with Gasteiger partial charge >= 0.3 is 0 Å². The standard InChI is InChI=1S/C8H4F4N2/c9-5-3-14-7(8(11)12)6(10)4(5)1-2-13/h3,8H,1H2. The Kier molecular flexibility index (Phi) is 3.02. The van der Waals surface area contributed by atoms with E-state index in [9.17, 15) is 17.6 Å². The van der Waals surface area contributed by atoms with Gasteiger partial charge in [0.25, 0.3) is 6.43 Å². The van der Waals surface area contributed by atoms with Crippen molar-refractivity contribution >= 4 is 0 Å². The predicted molar refractivity (Wildman–Crippen MR) is 38.4 cm³/mol. The summed E-state index contributed by atoms with van der Waals surface area (Å²) in [6.07, 6.45) is -3.23. The molecule has 0 N–H and O–H groups in total. The van der Waals surface area contributed by atoms with Crippen LogP contribution in [-0.4, -0.2) is 4.98 Å². The van der Waals surface area contributed by atoms with E-state index < -0.39 is 35.7 Å². The summed E-state index contributed by atoms with van der Waals surface area (Å²) in [4.78, 5) is 2.91. The van der Waals surface area contributed by atoms with Crippen LogP contribution < -0.4 is 0 Å². The van der Waals surface area contributed by atoms with Crippen LogP contribution in [0.2, 0.25) is 0 Å². The van der Waals surface area contributed by atoms with E-state index in [4.69, 9.17) is 5.26 Å². The van der Waals surface area contributed by atoms with Gasteiger partial charge in [0.05, 0.1) is 18.7 Å². The SMILES string of the molecule is N#CCc1c(F)cnc(C(F)F)c1F. The van der Waals surface area contributed by atoms with Crippen LogP contribution in [0.25, 0.3) is 0 Å². The van der Waals surface area contributed by atoms with Crippen LogP contribution in [-0.2, 0) is 6.42 Å². The number of rotatable bonds is 2. The van der Waals surface area contributed by atoms with Gasteiger partial charge in [-0.25, -0.2) is 22.5 Å². The molecule has 1 aromatic heterocycles. The first-order valence-electron chi connectivity index (χ1n) is 3.55. The van der Waals surface area contributed by atoms with Crippen LogP contribution in [0, 0.1) is 23.0 Å². The van der Waals surface area contributed by atoms with E-state index >= 15 is 0 Å². The highest BCUT2D eigenvalue weighted by molar-refractivity contribution is 5.24. The molecule has 0 aromatic carbocycles. The van der Waals surface area contributed by atoms with E-state index in [0.29, 0.717) is 6.20 Å². The molecular formula is C8H4F4N2. The Morgan fingerprint density at radius 2 is 2.07 bits per heavy atom. The molecule has 0 unspecified atom stereocenters. The summed E-state index contributed by atoms with van der Waals surface area (Å²) >= 11 is 0. The van der Waals surface area contributed by atoms with Gasteiger partial charge in [0.1, 0.15) is 11.5 Å². The van der Waals surface area contributed by atoms with Gasteiger partial charge < -0.3 is 0 Å². The fraction of sp³-hybridized carbons (Fsp3) is 0.250. The van der Waals surface area contributed by atoms with Crippen LogP contribution in [0.3, 0.4) is 0 Å². The van der Waals surface area contributed by atoms with Crippen molar-refractivity contribution in [3.63, 3.8) is 0 Å². The van der Waals surface area contributed by atoms with Gasteiger partial charge in [-0.05, 0) is 0 Å². The Labute approximate surface area is 76.8 Å². The van der Waals surface area contributed by atoms with Crippen molar-refractivity contribution in [1.29, 1.82) is 5.26 Å². The maximum Gasteiger partial charge on any atom is 0.283 e. The van der Waals surface area contributed by atoms with Gasteiger partial charge in [-0.3, -0.25) is 0 Å².